The monoisotopic (exact) mass is 354 g/mol. The van der Waals surface area contributed by atoms with Crippen molar-refractivity contribution in [2.24, 2.45) is 0 Å². The molecule has 3 rings (SSSR count). The van der Waals surface area contributed by atoms with Crippen LogP contribution in [0.25, 0.3) is 10.9 Å². The quantitative estimate of drug-likeness (QED) is 0.683. The number of methoxy groups -OCH3 is 2. The number of ether oxygens (including phenoxy) is 3. The molecule has 1 aromatic heterocycles. The number of fused-ring (bicyclic) bond motifs is 1. The topological polar surface area (TPSA) is 90.5 Å². The van der Waals surface area contributed by atoms with E-state index >= 15 is 0 Å². The van der Waals surface area contributed by atoms with E-state index in [0.717, 1.165) is 5.56 Å². The van der Waals surface area contributed by atoms with E-state index in [1.165, 1.54) is 7.11 Å². The smallest absolute Gasteiger partial charge is 0.310 e. The number of aromatic nitrogens is 2. The molecule has 0 spiro atoms. The van der Waals surface area contributed by atoms with E-state index in [2.05, 4.69) is 9.97 Å². The lowest BCUT2D eigenvalue weighted by molar-refractivity contribution is -0.144. The van der Waals surface area contributed by atoms with Crippen LogP contribution in [0.3, 0.4) is 0 Å². The number of carbonyl (C=O) groups is 1. The number of aromatic amines is 1. The van der Waals surface area contributed by atoms with E-state index in [0.29, 0.717) is 28.2 Å². The maximum Gasteiger partial charge on any atom is 0.310 e. The standard InChI is InChI=1S/C19H18N2O5/c1-24-15-8-7-12(9-16(15)25-2)10-18(22)26-11-17-20-14-6-4-3-5-13(14)19(23)21-17/h3-9H,10-11H2,1-2H3,(H,20,21,23). The summed E-state index contributed by atoms with van der Waals surface area (Å²) in [5, 5.41) is 0.493. The van der Waals surface area contributed by atoms with E-state index in [-0.39, 0.29) is 18.6 Å². The van der Waals surface area contributed by atoms with Gasteiger partial charge in [0.15, 0.2) is 11.5 Å². The van der Waals surface area contributed by atoms with Crippen LogP contribution in [0.15, 0.2) is 47.3 Å². The summed E-state index contributed by atoms with van der Waals surface area (Å²) in [6, 6.07) is 12.2. The van der Waals surface area contributed by atoms with Gasteiger partial charge < -0.3 is 19.2 Å². The largest absolute Gasteiger partial charge is 0.493 e. The molecule has 2 aromatic carbocycles. The van der Waals surface area contributed by atoms with Crippen LogP contribution in [0, 0.1) is 0 Å². The second-order valence-electron chi connectivity index (χ2n) is 5.56. The Kier molecular flexibility index (Phi) is 5.17. The van der Waals surface area contributed by atoms with Gasteiger partial charge in [-0.2, -0.15) is 0 Å². The van der Waals surface area contributed by atoms with Gasteiger partial charge in [-0.1, -0.05) is 18.2 Å². The van der Waals surface area contributed by atoms with Gasteiger partial charge in [0, 0.05) is 0 Å². The summed E-state index contributed by atoms with van der Waals surface area (Å²) in [5.41, 5.74) is 1.02. The minimum absolute atomic E-state index is 0.0676. The SMILES string of the molecule is COc1ccc(CC(=O)OCc2nc3ccccc3c(=O)[nH]2)cc1OC. The molecular formula is C19H18N2O5. The fraction of sp³-hybridized carbons (Fsp3) is 0.211. The Morgan fingerprint density at radius 1 is 1.08 bits per heavy atom. The lowest BCUT2D eigenvalue weighted by Gasteiger charge is -2.09. The molecule has 0 amide bonds. The van der Waals surface area contributed by atoms with Crippen molar-refractivity contribution in [1.29, 1.82) is 0 Å². The second kappa shape index (κ2) is 7.69. The third kappa shape index (κ3) is 3.83. The van der Waals surface area contributed by atoms with Crippen LogP contribution >= 0.6 is 0 Å². The van der Waals surface area contributed by atoms with Crippen molar-refractivity contribution in [2.45, 2.75) is 13.0 Å². The first-order valence-corrected chi connectivity index (χ1v) is 7.95. The molecule has 1 heterocycles. The van der Waals surface area contributed by atoms with Gasteiger partial charge in [0.25, 0.3) is 5.56 Å². The Bertz CT molecular complexity index is 997. The molecule has 0 bridgehead atoms. The highest BCUT2D eigenvalue weighted by atomic mass is 16.5. The third-order valence-electron chi connectivity index (χ3n) is 3.83. The first kappa shape index (κ1) is 17.5. The van der Waals surface area contributed by atoms with Crippen molar-refractivity contribution in [1.82, 2.24) is 9.97 Å². The molecule has 7 nitrogen and oxygen atoms in total. The van der Waals surface area contributed by atoms with Gasteiger partial charge in [-0.25, -0.2) is 4.98 Å². The van der Waals surface area contributed by atoms with Gasteiger partial charge >= 0.3 is 5.97 Å². The first-order valence-electron chi connectivity index (χ1n) is 7.95. The zero-order valence-corrected chi connectivity index (χ0v) is 14.4. The Morgan fingerprint density at radius 2 is 1.85 bits per heavy atom. The summed E-state index contributed by atoms with van der Waals surface area (Å²) in [6.45, 7) is -0.105. The lowest BCUT2D eigenvalue weighted by Crippen LogP contribution is -2.15. The van der Waals surface area contributed by atoms with Crippen LogP contribution in [0.1, 0.15) is 11.4 Å². The maximum absolute atomic E-state index is 12.1. The van der Waals surface area contributed by atoms with Gasteiger partial charge in [0.05, 0.1) is 31.5 Å². The van der Waals surface area contributed by atoms with E-state index in [1.54, 1.807) is 49.6 Å². The normalized spacial score (nSPS) is 10.5. The fourth-order valence-corrected chi connectivity index (χ4v) is 2.56. The highest BCUT2D eigenvalue weighted by molar-refractivity contribution is 5.77. The van der Waals surface area contributed by atoms with E-state index in [1.807, 2.05) is 0 Å². The molecule has 0 fully saturated rings. The van der Waals surface area contributed by atoms with Crippen molar-refractivity contribution in [3.63, 3.8) is 0 Å². The zero-order chi connectivity index (χ0) is 18.5. The summed E-state index contributed by atoms with van der Waals surface area (Å²) in [7, 11) is 3.07. The number of carbonyl (C=O) groups excluding carboxylic acids is 1. The molecule has 0 radical (unpaired) electrons. The average molecular weight is 354 g/mol. The number of rotatable bonds is 6. The maximum atomic E-state index is 12.1. The van der Waals surface area contributed by atoms with Crippen molar-refractivity contribution >= 4 is 16.9 Å². The van der Waals surface area contributed by atoms with Gasteiger partial charge in [0.2, 0.25) is 0 Å². The number of hydrogen-bond donors (Lipinski definition) is 1. The number of H-pyrrole nitrogens is 1. The molecular weight excluding hydrogens is 336 g/mol. The number of nitrogens with one attached hydrogen (secondary N) is 1. The van der Waals surface area contributed by atoms with Crippen LogP contribution in [-0.2, 0) is 22.6 Å². The lowest BCUT2D eigenvalue weighted by atomic mass is 10.1. The molecule has 0 unspecified atom stereocenters. The van der Waals surface area contributed by atoms with Gasteiger partial charge in [0.1, 0.15) is 12.4 Å². The molecule has 0 aliphatic heterocycles. The number of nitrogens with zero attached hydrogens (tertiary/aromatic N) is 1. The summed E-state index contributed by atoms with van der Waals surface area (Å²) in [6.07, 6.45) is 0.0676. The summed E-state index contributed by atoms with van der Waals surface area (Å²) >= 11 is 0. The molecule has 0 atom stereocenters. The average Bonchev–Trinajstić information content (AvgIpc) is 2.66. The van der Waals surface area contributed by atoms with Crippen LogP contribution in [0.2, 0.25) is 0 Å². The number of para-hydroxylation sites is 1. The van der Waals surface area contributed by atoms with Crippen LogP contribution in [0.5, 0.6) is 11.5 Å². The molecule has 0 aliphatic carbocycles. The van der Waals surface area contributed by atoms with E-state index in [4.69, 9.17) is 14.2 Å². The van der Waals surface area contributed by atoms with Crippen molar-refractivity contribution in [3.8, 4) is 11.5 Å². The van der Waals surface area contributed by atoms with Crippen molar-refractivity contribution < 1.29 is 19.0 Å². The minimum atomic E-state index is -0.437. The predicted octanol–water partition coefficient (Wildman–Crippen LogP) is 2.23. The highest BCUT2D eigenvalue weighted by Crippen LogP contribution is 2.27. The Labute approximate surface area is 149 Å². The summed E-state index contributed by atoms with van der Waals surface area (Å²) < 4.78 is 15.6. The number of hydrogen-bond acceptors (Lipinski definition) is 6. The summed E-state index contributed by atoms with van der Waals surface area (Å²) in [5.74, 6) is 0.989. The molecule has 0 saturated heterocycles. The Morgan fingerprint density at radius 3 is 2.62 bits per heavy atom. The van der Waals surface area contributed by atoms with Gasteiger partial charge in [-0.05, 0) is 29.8 Å². The third-order valence-corrected chi connectivity index (χ3v) is 3.83. The Hall–Kier alpha value is -3.35. The highest BCUT2D eigenvalue weighted by Gasteiger charge is 2.11. The summed E-state index contributed by atoms with van der Waals surface area (Å²) in [4.78, 5) is 31.0. The Balaban J connectivity index is 1.67. The molecule has 26 heavy (non-hydrogen) atoms. The van der Waals surface area contributed by atoms with Gasteiger partial charge in [-0.3, -0.25) is 9.59 Å². The van der Waals surface area contributed by atoms with Gasteiger partial charge in [-0.15, -0.1) is 0 Å². The molecule has 1 N–H and O–H groups in total. The molecule has 7 heteroatoms. The van der Waals surface area contributed by atoms with E-state index in [9.17, 15) is 9.59 Å². The van der Waals surface area contributed by atoms with E-state index < -0.39 is 5.97 Å². The van der Waals surface area contributed by atoms with Crippen LogP contribution in [-0.4, -0.2) is 30.2 Å². The second-order valence-corrected chi connectivity index (χ2v) is 5.56. The number of benzene rings is 2. The molecule has 0 saturated carbocycles. The van der Waals surface area contributed by atoms with Crippen LogP contribution < -0.4 is 15.0 Å². The van der Waals surface area contributed by atoms with Crippen LogP contribution in [0.4, 0.5) is 0 Å². The fourth-order valence-electron chi connectivity index (χ4n) is 2.56. The molecule has 0 aliphatic rings. The van der Waals surface area contributed by atoms with Crippen molar-refractivity contribution in [3.05, 3.63) is 64.2 Å². The zero-order valence-electron chi connectivity index (χ0n) is 14.4. The first-order chi connectivity index (χ1) is 12.6. The molecule has 3 aromatic rings. The molecule has 134 valence electrons. The predicted molar refractivity (Wildman–Crippen MR) is 95.4 cm³/mol. The van der Waals surface area contributed by atoms with Crippen molar-refractivity contribution in [2.75, 3.05) is 14.2 Å². The number of esters is 1. The minimum Gasteiger partial charge on any atom is -0.493 e.